The Morgan fingerprint density at radius 2 is 2.26 bits per heavy atom. The van der Waals surface area contributed by atoms with Gasteiger partial charge >= 0.3 is 5.97 Å². The van der Waals surface area contributed by atoms with Crippen LogP contribution in [0.4, 0.5) is 5.69 Å². The highest BCUT2D eigenvalue weighted by molar-refractivity contribution is 9.10. The largest absolute Gasteiger partial charge is 0.478 e. The van der Waals surface area contributed by atoms with E-state index in [1.807, 2.05) is 29.8 Å². The average Bonchev–Trinajstić information content (AvgIpc) is 2.74. The Hall–Kier alpha value is -1.82. The normalized spacial score (nSPS) is 10.5. The number of benzene rings is 1. The van der Waals surface area contributed by atoms with E-state index in [2.05, 4.69) is 20.9 Å². The van der Waals surface area contributed by atoms with E-state index in [1.54, 1.807) is 24.4 Å². The maximum Gasteiger partial charge on any atom is 0.337 e. The van der Waals surface area contributed by atoms with Gasteiger partial charge in [-0.25, -0.2) is 9.78 Å². The van der Waals surface area contributed by atoms with Gasteiger partial charge in [0.15, 0.2) is 0 Å². The van der Waals surface area contributed by atoms with E-state index >= 15 is 0 Å². The minimum atomic E-state index is -0.936. The second kappa shape index (κ2) is 5.44. The first kappa shape index (κ1) is 13.6. The lowest BCUT2D eigenvalue weighted by Gasteiger charge is -2.21. The number of imidazole rings is 1. The molecule has 0 aliphatic carbocycles. The number of carboxylic acids is 1. The summed E-state index contributed by atoms with van der Waals surface area (Å²) in [7, 11) is 3.76. The van der Waals surface area contributed by atoms with E-state index in [4.69, 9.17) is 0 Å². The highest BCUT2D eigenvalue weighted by Gasteiger charge is 2.15. The molecule has 0 saturated carbocycles. The zero-order valence-corrected chi connectivity index (χ0v) is 12.3. The maximum absolute atomic E-state index is 11.2. The molecule has 0 spiro atoms. The molecule has 0 unspecified atom stereocenters. The maximum atomic E-state index is 11.2. The number of rotatable bonds is 4. The first-order chi connectivity index (χ1) is 8.99. The van der Waals surface area contributed by atoms with Gasteiger partial charge in [0.05, 0.1) is 17.8 Å². The second-order valence-corrected chi connectivity index (χ2v) is 5.19. The number of carbonyl (C=O) groups is 1. The summed E-state index contributed by atoms with van der Waals surface area (Å²) in [5, 5.41) is 9.22. The van der Waals surface area contributed by atoms with Crippen LogP contribution in [0.25, 0.3) is 0 Å². The Labute approximate surface area is 119 Å². The van der Waals surface area contributed by atoms with E-state index in [1.165, 1.54) is 0 Å². The minimum Gasteiger partial charge on any atom is -0.478 e. The number of anilines is 1. The summed E-state index contributed by atoms with van der Waals surface area (Å²) in [5.41, 5.74) is 0.935. The molecule has 1 heterocycles. The van der Waals surface area contributed by atoms with Crippen molar-refractivity contribution in [2.45, 2.75) is 6.54 Å². The molecule has 0 aliphatic heterocycles. The lowest BCUT2D eigenvalue weighted by molar-refractivity contribution is 0.0697. The predicted molar refractivity (Wildman–Crippen MR) is 76.4 cm³/mol. The molecule has 0 aliphatic rings. The lowest BCUT2D eigenvalue weighted by Crippen LogP contribution is -2.21. The Morgan fingerprint density at radius 3 is 2.84 bits per heavy atom. The van der Waals surface area contributed by atoms with E-state index in [0.29, 0.717) is 12.2 Å². The number of hydrogen-bond donors (Lipinski definition) is 1. The van der Waals surface area contributed by atoms with Gasteiger partial charge in [-0.15, -0.1) is 0 Å². The first-order valence-corrected chi connectivity index (χ1v) is 6.48. The van der Waals surface area contributed by atoms with Crippen molar-refractivity contribution >= 4 is 27.6 Å². The number of halogens is 1. The van der Waals surface area contributed by atoms with E-state index < -0.39 is 5.97 Å². The van der Waals surface area contributed by atoms with Crippen LogP contribution in [0.2, 0.25) is 0 Å². The molecule has 0 fully saturated rings. The number of aromatic carboxylic acids is 1. The van der Waals surface area contributed by atoms with Gasteiger partial charge in [-0.05, 0) is 18.2 Å². The zero-order valence-electron chi connectivity index (χ0n) is 10.7. The van der Waals surface area contributed by atoms with E-state index in [0.717, 1.165) is 10.3 Å². The fourth-order valence-corrected chi connectivity index (χ4v) is 2.20. The van der Waals surface area contributed by atoms with Gasteiger partial charge in [0.1, 0.15) is 5.82 Å². The highest BCUT2D eigenvalue weighted by Crippen LogP contribution is 2.25. The van der Waals surface area contributed by atoms with Crippen molar-refractivity contribution in [2.24, 2.45) is 7.05 Å². The molecule has 2 aromatic rings. The molecule has 2 rings (SSSR count). The van der Waals surface area contributed by atoms with Gasteiger partial charge in [-0.1, -0.05) is 15.9 Å². The molecule has 1 N–H and O–H groups in total. The van der Waals surface area contributed by atoms with Gasteiger partial charge in [0.2, 0.25) is 0 Å². The van der Waals surface area contributed by atoms with Crippen LogP contribution in [-0.4, -0.2) is 27.7 Å². The van der Waals surface area contributed by atoms with Crippen LogP contribution >= 0.6 is 15.9 Å². The number of nitrogens with zero attached hydrogens (tertiary/aromatic N) is 3. The molecule has 1 aromatic heterocycles. The number of hydrogen-bond acceptors (Lipinski definition) is 3. The molecule has 0 bridgehead atoms. The third-order valence-corrected chi connectivity index (χ3v) is 3.39. The molecule has 5 nitrogen and oxygen atoms in total. The molecule has 1 aromatic carbocycles. The van der Waals surface area contributed by atoms with E-state index in [9.17, 15) is 9.90 Å². The Balaban J connectivity index is 2.32. The summed E-state index contributed by atoms with van der Waals surface area (Å²) in [6.07, 6.45) is 3.59. The Kier molecular flexibility index (Phi) is 3.90. The first-order valence-electron chi connectivity index (χ1n) is 5.69. The van der Waals surface area contributed by atoms with Crippen molar-refractivity contribution < 1.29 is 9.90 Å². The summed E-state index contributed by atoms with van der Waals surface area (Å²) in [6.45, 7) is 0.542. The van der Waals surface area contributed by atoms with Crippen molar-refractivity contribution in [3.63, 3.8) is 0 Å². The standard InChI is InChI=1S/C13H14BrN3O2/c1-16-6-5-15-12(16)8-17(2)11-7-9(14)3-4-10(11)13(18)19/h3-7H,8H2,1-2H3,(H,18,19). The van der Waals surface area contributed by atoms with Crippen LogP contribution in [0.3, 0.4) is 0 Å². The molecular weight excluding hydrogens is 310 g/mol. The van der Waals surface area contributed by atoms with Crippen LogP contribution in [-0.2, 0) is 13.6 Å². The molecule has 0 radical (unpaired) electrons. The summed E-state index contributed by atoms with van der Waals surface area (Å²) < 4.78 is 2.76. The van der Waals surface area contributed by atoms with Crippen LogP contribution in [0.15, 0.2) is 35.1 Å². The van der Waals surface area contributed by atoms with Crippen molar-refractivity contribution in [3.8, 4) is 0 Å². The Bertz CT molecular complexity index is 610. The fraction of sp³-hybridized carbons (Fsp3) is 0.231. The third kappa shape index (κ3) is 2.96. The number of carboxylic acid groups (broad SMARTS) is 1. The second-order valence-electron chi connectivity index (χ2n) is 4.28. The monoisotopic (exact) mass is 323 g/mol. The van der Waals surface area contributed by atoms with Crippen molar-refractivity contribution in [3.05, 3.63) is 46.5 Å². The number of aromatic nitrogens is 2. The van der Waals surface area contributed by atoms with Crippen molar-refractivity contribution in [1.29, 1.82) is 0 Å². The SMILES string of the molecule is CN(Cc1nccn1C)c1cc(Br)ccc1C(=O)O. The molecule has 0 saturated heterocycles. The van der Waals surface area contributed by atoms with Crippen LogP contribution in [0.5, 0.6) is 0 Å². The topological polar surface area (TPSA) is 58.4 Å². The lowest BCUT2D eigenvalue weighted by atomic mass is 10.1. The van der Waals surface area contributed by atoms with Crippen molar-refractivity contribution in [1.82, 2.24) is 9.55 Å². The summed E-state index contributed by atoms with van der Waals surface area (Å²) in [6, 6.07) is 5.12. The summed E-state index contributed by atoms with van der Waals surface area (Å²) in [5.74, 6) is -0.0620. The quantitative estimate of drug-likeness (QED) is 0.939. The fourth-order valence-electron chi connectivity index (χ4n) is 1.85. The molecule has 6 heteroatoms. The number of aryl methyl sites for hydroxylation is 1. The predicted octanol–water partition coefficient (Wildman–Crippen LogP) is 2.52. The summed E-state index contributed by atoms with van der Waals surface area (Å²) >= 11 is 3.37. The van der Waals surface area contributed by atoms with Crippen LogP contribution < -0.4 is 4.90 Å². The smallest absolute Gasteiger partial charge is 0.337 e. The van der Waals surface area contributed by atoms with E-state index in [-0.39, 0.29) is 5.56 Å². The average molecular weight is 324 g/mol. The van der Waals surface area contributed by atoms with Gasteiger partial charge < -0.3 is 14.6 Å². The van der Waals surface area contributed by atoms with Gasteiger partial charge in [0, 0.05) is 31.0 Å². The van der Waals surface area contributed by atoms with Crippen LogP contribution in [0, 0.1) is 0 Å². The molecule has 0 atom stereocenters. The van der Waals surface area contributed by atoms with Gasteiger partial charge in [-0.2, -0.15) is 0 Å². The molecule has 100 valence electrons. The third-order valence-electron chi connectivity index (χ3n) is 2.90. The van der Waals surface area contributed by atoms with Gasteiger partial charge in [-0.3, -0.25) is 0 Å². The van der Waals surface area contributed by atoms with Crippen molar-refractivity contribution in [2.75, 3.05) is 11.9 Å². The molecule has 0 amide bonds. The highest BCUT2D eigenvalue weighted by atomic mass is 79.9. The molecule has 19 heavy (non-hydrogen) atoms. The Morgan fingerprint density at radius 1 is 1.53 bits per heavy atom. The zero-order chi connectivity index (χ0) is 14.0. The minimum absolute atomic E-state index is 0.278. The van der Waals surface area contributed by atoms with Gasteiger partial charge in [0.25, 0.3) is 0 Å². The summed E-state index contributed by atoms with van der Waals surface area (Å²) in [4.78, 5) is 17.4. The molecular formula is C13H14BrN3O2. The van der Waals surface area contributed by atoms with Crippen LogP contribution in [0.1, 0.15) is 16.2 Å².